The molecule has 0 radical (unpaired) electrons. The molecule has 1 aliphatic rings. The average molecular weight is 414 g/mol. The summed E-state index contributed by atoms with van der Waals surface area (Å²) in [6.45, 7) is 1.65. The van der Waals surface area contributed by atoms with E-state index in [4.69, 9.17) is 0 Å². The molecule has 1 heterocycles. The van der Waals surface area contributed by atoms with E-state index in [-0.39, 0.29) is 17.7 Å². The number of rotatable bonds is 3. The zero-order chi connectivity index (χ0) is 21.6. The molecule has 5 nitrogen and oxygen atoms in total. The van der Waals surface area contributed by atoms with Crippen molar-refractivity contribution in [2.24, 2.45) is 5.92 Å². The molecule has 1 amide bonds. The lowest BCUT2D eigenvalue weighted by Gasteiger charge is -2.28. The molecule has 1 aliphatic carbocycles. The lowest BCUT2D eigenvalue weighted by molar-refractivity contribution is -0.127. The molecule has 2 N–H and O–H groups in total. The number of aromatic amines is 1. The minimum absolute atomic E-state index is 0.0694. The number of pyridine rings is 1. The third-order valence-electron chi connectivity index (χ3n) is 4.52. The van der Waals surface area contributed by atoms with Crippen LogP contribution >= 0.6 is 0 Å². The van der Waals surface area contributed by atoms with Crippen molar-refractivity contribution in [2.45, 2.75) is 38.5 Å². The van der Waals surface area contributed by atoms with Gasteiger partial charge in [-0.2, -0.15) is 4.39 Å². The number of aryl methyl sites for hydroxylation is 1. The molecule has 29 heavy (non-hydrogen) atoms. The van der Waals surface area contributed by atoms with Gasteiger partial charge in [-0.1, -0.05) is 6.07 Å². The minimum Gasteiger partial charge on any atom is -0.494 e. The Morgan fingerprint density at radius 1 is 1.24 bits per heavy atom. The van der Waals surface area contributed by atoms with Gasteiger partial charge < -0.3 is 15.0 Å². The number of amides is 1. The van der Waals surface area contributed by atoms with Gasteiger partial charge in [-0.15, -0.1) is 0 Å². The Balaban J connectivity index is 0.000000253. The number of aromatic nitrogens is 1. The van der Waals surface area contributed by atoms with Crippen LogP contribution in [-0.4, -0.2) is 23.9 Å². The van der Waals surface area contributed by atoms with E-state index < -0.39 is 35.8 Å². The van der Waals surface area contributed by atoms with E-state index in [9.17, 15) is 27.2 Å². The summed E-state index contributed by atoms with van der Waals surface area (Å²) in [6.07, 6.45) is 0.287. The van der Waals surface area contributed by atoms with E-state index in [0.717, 1.165) is 6.07 Å². The summed E-state index contributed by atoms with van der Waals surface area (Å²) in [7, 11) is 1.29. The summed E-state index contributed by atoms with van der Waals surface area (Å²) in [6, 6.07) is 6.55. The van der Waals surface area contributed by atoms with E-state index in [1.165, 1.54) is 31.4 Å². The number of benzene rings is 1. The van der Waals surface area contributed by atoms with Gasteiger partial charge in [-0.05, 0) is 38.0 Å². The third kappa shape index (κ3) is 6.33. The van der Waals surface area contributed by atoms with Gasteiger partial charge in [-0.3, -0.25) is 9.59 Å². The molecular formula is C20H22F4N2O3. The minimum atomic E-state index is -2.75. The maximum atomic E-state index is 13.3. The van der Waals surface area contributed by atoms with Crippen molar-refractivity contribution < 1.29 is 27.1 Å². The van der Waals surface area contributed by atoms with Crippen molar-refractivity contribution in [1.29, 1.82) is 0 Å². The van der Waals surface area contributed by atoms with Gasteiger partial charge >= 0.3 is 0 Å². The van der Waals surface area contributed by atoms with E-state index in [1.54, 1.807) is 6.92 Å². The van der Waals surface area contributed by atoms with Gasteiger partial charge in [0.1, 0.15) is 0 Å². The number of anilines is 1. The molecule has 1 aromatic carbocycles. The second-order valence-corrected chi connectivity index (χ2v) is 6.76. The molecule has 1 fully saturated rings. The quantitative estimate of drug-likeness (QED) is 0.731. The molecule has 2 aromatic rings. The maximum absolute atomic E-state index is 13.3. The molecule has 1 atom stereocenters. The summed E-state index contributed by atoms with van der Waals surface area (Å²) in [5.41, 5.74) is 0.710. The van der Waals surface area contributed by atoms with Gasteiger partial charge in [0.15, 0.2) is 11.6 Å². The number of hydrogen-bond acceptors (Lipinski definition) is 3. The zero-order valence-electron chi connectivity index (χ0n) is 16.0. The second-order valence-electron chi connectivity index (χ2n) is 6.76. The predicted molar refractivity (Wildman–Crippen MR) is 100 cm³/mol. The fraction of sp³-hybridized carbons (Fsp3) is 0.400. The lowest BCUT2D eigenvalue weighted by Crippen LogP contribution is -2.33. The first-order valence-corrected chi connectivity index (χ1v) is 8.99. The summed E-state index contributed by atoms with van der Waals surface area (Å²) in [4.78, 5) is 25.5. The van der Waals surface area contributed by atoms with E-state index in [0.29, 0.717) is 24.2 Å². The number of halogens is 4. The highest BCUT2D eigenvalue weighted by atomic mass is 19.3. The Labute approximate surface area is 165 Å². The van der Waals surface area contributed by atoms with Crippen LogP contribution in [0.2, 0.25) is 0 Å². The molecular weight excluding hydrogens is 392 g/mol. The Morgan fingerprint density at radius 2 is 1.97 bits per heavy atom. The Bertz CT molecular complexity index is 915. The van der Waals surface area contributed by atoms with Crippen molar-refractivity contribution >= 4 is 11.6 Å². The number of nitrogens with one attached hydrogen (secondary N) is 2. The highest BCUT2D eigenvalue weighted by Crippen LogP contribution is 2.37. The van der Waals surface area contributed by atoms with Crippen LogP contribution in [0.3, 0.4) is 0 Å². The predicted octanol–water partition coefficient (Wildman–Crippen LogP) is 4.42. The number of carbonyl (C=O) groups excluding carboxylic acids is 1. The number of hydrogen-bond donors (Lipinski definition) is 2. The highest BCUT2D eigenvalue weighted by Gasteiger charge is 2.39. The number of ether oxygens (including phenoxy) is 1. The van der Waals surface area contributed by atoms with Crippen molar-refractivity contribution in [3.8, 4) is 5.75 Å². The first-order valence-electron chi connectivity index (χ1n) is 8.99. The number of alkyl halides is 2. The third-order valence-corrected chi connectivity index (χ3v) is 4.52. The standard InChI is InChI=1S/C13H16F2N2O2.C7H6F2O/c1-8-10(4-5-11(18)16-8)17-12(19)9-3-2-6-13(14,15)7-9;1-10-6-4-2-3-5(8)7(6)9/h4-5,9H,2-3,6-7H2,1H3,(H,16,18)(H,17,19);2-4H,1H3. The number of carbonyl (C=O) groups is 1. The molecule has 9 heteroatoms. The molecule has 1 aromatic heterocycles. The van der Waals surface area contributed by atoms with Crippen molar-refractivity contribution in [2.75, 3.05) is 12.4 Å². The fourth-order valence-corrected chi connectivity index (χ4v) is 2.99. The Morgan fingerprint density at radius 3 is 2.55 bits per heavy atom. The molecule has 0 spiro atoms. The smallest absolute Gasteiger partial charge is 0.248 e. The van der Waals surface area contributed by atoms with Crippen LogP contribution in [-0.2, 0) is 4.79 Å². The van der Waals surface area contributed by atoms with Crippen LogP contribution in [0.5, 0.6) is 5.75 Å². The first kappa shape index (κ1) is 22.4. The zero-order valence-corrected chi connectivity index (χ0v) is 16.0. The van der Waals surface area contributed by atoms with Crippen LogP contribution in [0.1, 0.15) is 31.4 Å². The molecule has 1 unspecified atom stereocenters. The van der Waals surface area contributed by atoms with Gasteiger partial charge in [0.2, 0.25) is 23.2 Å². The summed E-state index contributed by atoms with van der Waals surface area (Å²) < 4.78 is 55.8. The van der Waals surface area contributed by atoms with E-state index in [1.807, 2.05) is 0 Å². The van der Waals surface area contributed by atoms with Crippen LogP contribution < -0.4 is 15.6 Å². The summed E-state index contributed by atoms with van der Waals surface area (Å²) in [5.74, 6) is -5.73. The highest BCUT2D eigenvalue weighted by molar-refractivity contribution is 5.93. The fourth-order valence-electron chi connectivity index (χ4n) is 2.99. The topological polar surface area (TPSA) is 71.2 Å². The largest absolute Gasteiger partial charge is 0.494 e. The number of methoxy groups -OCH3 is 1. The molecule has 1 saturated carbocycles. The lowest BCUT2D eigenvalue weighted by atomic mass is 9.86. The van der Waals surface area contributed by atoms with E-state index in [2.05, 4.69) is 15.0 Å². The van der Waals surface area contributed by atoms with Gasteiger partial charge in [0, 0.05) is 30.5 Å². The monoisotopic (exact) mass is 414 g/mol. The van der Waals surface area contributed by atoms with E-state index >= 15 is 0 Å². The average Bonchev–Trinajstić information content (AvgIpc) is 2.66. The van der Waals surface area contributed by atoms with Gasteiger partial charge in [0.05, 0.1) is 12.8 Å². The number of H-pyrrole nitrogens is 1. The van der Waals surface area contributed by atoms with Gasteiger partial charge in [0.25, 0.3) is 0 Å². The second kappa shape index (κ2) is 9.58. The van der Waals surface area contributed by atoms with Crippen LogP contribution in [0.25, 0.3) is 0 Å². The van der Waals surface area contributed by atoms with Gasteiger partial charge in [-0.25, -0.2) is 13.2 Å². The summed E-state index contributed by atoms with van der Waals surface area (Å²) in [5, 5.41) is 2.60. The summed E-state index contributed by atoms with van der Waals surface area (Å²) >= 11 is 0. The van der Waals surface area contributed by atoms with Crippen LogP contribution in [0, 0.1) is 24.5 Å². The molecule has 0 saturated heterocycles. The van der Waals surface area contributed by atoms with Crippen molar-refractivity contribution in [3.05, 3.63) is 58.0 Å². The molecule has 3 rings (SSSR count). The van der Waals surface area contributed by atoms with Crippen LogP contribution in [0.4, 0.5) is 23.2 Å². The SMILES string of the molecule is COc1cccc(F)c1F.Cc1[nH]c(=O)ccc1NC(=O)C1CCCC(F)(F)C1. The molecule has 0 bridgehead atoms. The maximum Gasteiger partial charge on any atom is 0.248 e. The van der Waals surface area contributed by atoms with Crippen molar-refractivity contribution in [3.63, 3.8) is 0 Å². The first-order chi connectivity index (χ1) is 13.6. The molecule has 158 valence electrons. The Kier molecular flexibility index (Phi) is 7.41. The Hall–Kier alpha value is -2.84. The normalized spacial score (nSPS) is 17.7. The molecule has 0 aliphatic heterocycles. The van der Waals surface area contributed by atoms with Crippen molar-refractivity contribution in [1.82, 2.24) is 4.98 Å². The van der Waals surface area contributed by atoms with Crippen LogP contribution in [0.15, 0.2) is 35.1 Å².